The largest absolute Gasteiger partial charge is 0.507 e. The van der Waals surface area contributed by atoms with E-state index < -0.39 is 0 Å². The van der Waals surface area contributed by atoms with Crippen molar-refractivity contribution in [3.8, 4) is 22.6 Å². The molecular formula is C13H6Br2O3. The molecular weight excluding hydrogens is 364 g/mol. The van der Waals surface area contributed by atoms with Crippen molar-refractivity contribution < 1.29 is 15.0 Å². The molecule has 0 atom stereocenters. The summed E-state index contributed by atoms with van der Waals surface area (Å²) in [5.41, 5.74) is 2.40. The molecule has 90 valence electrons. The number of aromatic hydroxyl groups is 2. The molecule has 3 rings (SSSR count). The SMILES string of the molecule is O=C1c2cc(O)c(Br)cc2-c2cc(Br)c(O)cc21. The normalized spacial score (nSPS) is 12.4. The first-order chi connectivity index (χ1) is 8.49. The van der Waals surface area contributed by atoms with E-state index in [1.165, 1.54) is 12.1 Å². The van der Waals surface area contributed by atoms with Crippen molar-refractivity contribution in [1.82, 2.24) is 0 Å². The van der Waals surface area contributed by atoms with Crippen molar-refractivity contribution >= 4 is 37.6 Å². The van der Waals surface area contributed by atoms with Gasteiger partial charge in [0.25, 0.3) is 0 Å². The topological polar surface area (TPSA) is 57.5 Å². The maximum absolute atomic E-state index is 12.2. The Morgan fingerprint density at radius 2 is 1.11 bits per heavy atom. The Balaban J connectivity index is 2.37. The lowest BCUT2D eigenvalue weighted by atomic mass is 10.1. The molecule has 3 nitrogen and oxygen atoms in total. The third kappa shape index (κ3) is 1.51. The van der Waals surface area contributed by atoms with Gasteiger partial charge < -0.3 is 10.2 Å². The Morgan fingerprint density at radius 1 is 0.722 bits per heavy atom. The lowest BCUT2D eigenvalue weighted by Crippen LogP contribution is -1.94. The van der Waals surface area contributed by atoms with Crippen molar-refractivity contribution in [2.24, 2.45) is 0 Å². The van der Waals surface area contributed by atoms with E-state index in [1.54, 1.807) is 12.1 Å². The summed E-state index contributed by atoms with van der Waals surface area (Å²) < 4.78 is 1.07. The fourth-order valence-corrected chi connectivity index (χ4v) is 2.78. The van der Waals surface area contributed by atoms with Gasteiger partial charge >= 0.3 is 0 Å². The van der Waals surface area contributed by atoms with E-state index in [1.807, 2.05) is 0 Å². The highest BCUT2D eigenvalue weighted by molar-refractivity contribution is 9.10. The molecule has 2 N–H and O–H groups in total. The summed E-state index contributed by atoms with van der Waals surface area (Å²) in [4.78, 5) is 12.2. The average Bonchev–Trinajstić information content (AvgIpc) is 2.56. The summed E-state index contributed by atoms with van der Waals surface area (Å²) in [6.45, 7) is 0. The Hall–Kier alpha value is -1.33. The number of fused-ring (bicyclic) bond motifs is 3. The summed E-state index contributed by atoms with van der Waals surface area (Å²) in [5, 5.41) is 19.3. The molecule has 0 saturated carbocycles. The Labute approximate surface area is 119 Å². The fourth-order valence-electron chi connectivity index (χ4n) is 2.09. The van der Waals surface area contributed by atoms with Crippen LogP contribution in [0, 0.1) is 0 Å². The molecule has 0 heterocycles. The minimum Gasteiger partial charge on any atom is -0.507 e. The van der Waals surface area contributed by atoms with Crippen LogP contribution in [0.25, 0.3) is 11.1 Å². The van der Waals surface area contributed by atoms with Gasteiger partial charge in [0.2, 0.25) is 0 Å². The minimum absolute atomic E-state index is 0.0261. The van der Waals surface area contributed by atoms with E-state index >= 15 is 0 Å². The van der Waals surface area contributed by atoms with Gasteiger partial charge in [0.05, 0.1) is 8.95 Å². The summed E-state index contributed by atoms with van der Waals surface area (Å²) >= 11 is 6.46. The third-order valence-corrected chi connectivity index (χ3v) is 4.22. The first-order valence-corrected chi connectivity index (χ1v) is 6.67. The predicted octanol–water partition coefficient (Wildman–Crippen LogP) is 3.83. The lowest BCUT2D eigenvalue weighted by molar-refractivity contribution is 0.104. The average molecular weight is 370 g/mol. The number of hydrogen-bond donors (Lipinski definition) is 2. The summed E-state index contributed by atoms with van der Waals surface area (Å²) in [6, 6.07) is 6.29. The van der Waals surface area contributed by atoms with Crippen LogP contribution in [0.2, 0.25) is 0 Å². The van der Waals surface area contributed by atoms with Gasteiger partial charge in [0.1, 0.15) is 11.5 Å². The van der Waals surface area contributed by atoms with Crippen LogP contribution < -0.4 is 0 Å². The number of carbonyl (C=O) groups is 1. The number of carbonyl (C=O) groups excluding carboxylic acids is 1. The van der Waals surface area contributed by atoms with Crippen molar-refractivity contribution in [1.29, 1.82) is 0 Å². The van der Waals surface area contributed by atoms with Crippen molar-refractivity contribution in [3.05, 3.63) is 44.3 Å². The zero-order valence-electron chi connectivity index (χ0n) is 8.87. The molecule has 18 heavy (non-hydrogen) atoms. The second-order valence-corrected chi connectivity index (χ2v) is 5.74. The predicted molar refractivity (Wildman–Crippen MR) is 74.0 cm³/mol. The highest BCUT2D eigenvalue weighted by atomic mass is 79.9. The van der Waals surface area contributed by atoms with Crippen LogP contribution in [0.15, 0.2) is 33.2 Å². The molecule has 5 heteroatoms. The smallest absolute Gasteiger partial charge is 0.194 e. The summed E-state index contributed by atoms with van der Waals surface area (Å²) in [6.07, 6.45) is 0. The van der Waals surface area contributed by atoms with Crippen molar-refractivity contribution in [2.75, 3.05) is 0 Å². The summed E-state index contributed by atoms with van der Waals surface area (Å²) in [5.74, 6) is -0.137. The van der Waals surface area contributed by atoms with Gasteiger partial charge in [-0.15, -0.1) is 0 Å². The van der Waals surface area contributed by atoms with Crippen molar-refractivity contribution in [3.63, 3.8) is 0 Å². The molecule has 0 spiro atoms. The maximum atomic E-state index is 12.2. The molecule has 0 aliphatic heterocycles. The van der Waals surface area contributed by atoms with E-state index in [-0.39, 0.29) is 17.3 Å². The van der Waals surface area contributed by atoms with Gasteiger partial charge in [-0.25, -0.2) is 0 Å². The Bertz CT molecular complexity index is 648. The van der Waals surface area contributed by atoms with Crippen LogP contribution in [0.3, 0.4) is 0 Å². The minimum atomic E-state index is -0.189. The second kappa shape index (κ2) is 3.83. The zero-order chi connectivity index (χ0) is 13.0. The molecule has 0 radical (unpaired) electrons. The van der Waals surface area contributed by atoms with Gasteiger partial charge in [-0.05, 0) is 67.3 Å². The number of benzene rings is 2. The van der Waals surface area contributed by atoms with E-state index in [0.29, 0.717) is 20.1 Å². The van der Waals surface area contributed by atoms with Gasteiger partial charge in [-0.3, -0.25) is 4.79 Å². The quantitative estimate of drug-likeness (QED) is 0.633. The van der Waals surface area contributed by atoms with Gasteiger partial charge in [-0.1, -0.05) is 0 Å². The highest BCUT2D eigenvalue weighted by Crippen LogP contribution is 2.44. The first kappa shape index (κ1) is 11.7. The van der Waals surface area contributed by atoms with Crippen LogP contribution in [0.4, 0.5) is 0 Å². The number of ketones is 1. The maximum Gasteiger partial charge on any atom is 0.194 e. The van der Waals surface area contributed by atoms with E-state index in [2.05, 4.69) is 31.9 Å². The molecule has 0 bridgehead atoms. The van der Waals surface area contributed by atoms with Gasteiger partial charge in [-0.2, -0.15) is 0 Å². The molecule has 0 amide bonds. The molecule has 2 aromatic rings. The van der Waals surface area contributed by atoms with E-state index in [0.717, 1.165) is 11.1 Å². The standard InChI is InChI=1S/C13H6Br2O3/c14-9-1-5-6-2-10(15)12(17)4-8(6)13(18)7(5)3-11(9)16/h1-4,16-17H. The first-order valence-electron chi connectivity index (χ1n) is 5.09. The molecule has 0 fully saturated rings. The fraction of sp³-hybridized carbons (Fsp3) is 0. The molecule has 0 saturated heterocycles. The van der Waals surface area contributed by atoms with E-state index in [4.69, 9.17) is 0 Å². The number of halogens is 2. The molecule has 0 unspecified atom stereocenters. The molecule has 1 aliphatic rings. The third-order valence-electron chi connectivity index (χ3n) is 2.95. The summed E-state index contributed by atoms with van der Waals surface area (Å²) in [7, 11) is 0. The van der Waals surface area contributed by atoms with Crippen LogP contribution in [0.5, 0.6) is 11.5 Å². The van der Waals surface area contributed by atoms with Gasteiger partial charge in [0, 0.05) is 11.1 Å². The van der Waals surface area contributed by atoms with Gasteiger partial charge in [0.15, 0.2) is 5.78 Å². The highest BCUT2D eigenvalue weighted by Gasteiger charge is 2.29. The molecule has 0 aromatic heterocycles. The van der Waals surface area contributed by atoms with Crippen LogP contribution in [-0.4, -0.2) is 16.0 Å². The number of hydrogen-bond acceptors (Lipinski definition) is 3. The number of phenolic OH excluding ortho intramolecular Hbond substituents is 2. The monoisotopic (exact) mass is 368 g/mol. The van der Waals surface area contributed by atoms with Crippen LogP contribution in [-0.2, 0) is 0 Å². The Morgan fingerprint density at radius 3 is 1.50 bits per heavy atom. The number of phenols is 2. The Kier molecular flexibility index (Phi) is 2.50. The van der Waals surface area contributed by atoms with Crippen LogP contribution >= 0.6 is 31.9 Å². The second-order valence-electron chi connectivity index (χ2n) is 4.03. The molecule has 2 aromatic carbocycles. The number of rotatable bonds is 0. The lowest BCUT2D eigenvalue weighted by Gasteiger charge is -2.04. The molecule has 1 aliphatic carbocycles. The zero-order valence-corrected chi connectivity index (χ0v) is 12.0. The van der Waals surface area contributed by atoms with E-state index in [9.17, 15) is 15.0 Å². The van der Waals surface area contributed by atoms with Crippen LogP contribution in [0.1, 0.15) is 15.9 Å². The van der Waals surface area contributed by atoms with Crippen molar-refractivity contribution in [2.45, 2.75) is 0 Å².